The van der Waals surface area contributed by atoms with Gasteiger partial charge in [-0.1, -0.05) is 43.3 Å². The quantitative estimate of drug-likeness (QED) is 0.665. The number of hydrogen-bond acceptors (Lipinski definition) is 4. The Balaban J connectivity index is 1.56. The molecule has 2 bridgehead atoms. The molecule has 5 rings (SSSR count). The predicted octanol–water partition coefficient (Wildman–Crippen LogP) is 3.75. The van der Waals surface area contributed by atoms with Crippen LogP contribution in [-0.2, 0) is 12.8 Å². The standard InChI is InChI=1S/C24H25FN4O/c1-2-19-23(25)24(27-15-26-19)28-13-17-12-18(14-28)21(11-16-7-4-3-5-8-16)29-20(17)9-6-10-22(29)30/h3-10,15,17-18,21H,2,11-14H2,1H3/t17-,18+,21+/m1/s1. The third-order valence-electron chi connectivity index (χ3n) is 6.56. The minimum atomic E-state index is -0.315. The van der Waals surface area contributed by atoms with E-state index in [2.05, 4.69) is 33.1 Å². The van der Waals surface area contributed by atoms with Crippen molar-refractivity contribution in [2.24, 2.45) is 5.92 Å². The Bertz CT molecular complexity index is 1110. The van der Waals surface area contributed by atoms with Gasteiger partial charge in [-0.05, 0) is 36.8 Å². The molecule has 0 saturated carbocycles. The van der Waals surface area contributed by atoms with Gasteiger partial charge in [0, 0.05) is 36.8 Å². The summed E-state index contributed by atoms with van der Waals surface area (Å²) >= 11 is 0. The number of nitrogens with zero attached hydrogens (tertiary/aromatic N) is 4. The summed E-state index contributed by atoms with van der Waals surface area (Å²) in [7, 11) is 0. The maximum atomic E-state index is 15.0. The molecular weight excluding hydrogens is 379 g/mol. The molecule has 6 heteroatoms. The van der Waals surface area contributed by atoms with Crippen LogP contribution in [0.1, 0.15) is 42.3 Å². The lowest BCUT2D eigenvalue weighted by Crippen LogP contribution is -2.50. The molecule has 0 aliphatic carbocycles. The number of aryl methyl sites for hydroxylation is 1. The second-order valence-corrected chi connectivity index (χ2v) is 8.33. The predicted molar refractivity (Wildman–Crippen MR) is 114 cm³/mol. The SMILES string of the molecule is CCc1ncnc(N2C[C@H]3C[C@@H](C2)[C@H](Cc2ccccc2)n2c3cccc2=O)c1F. The Morgan fingerprint density at radius 3 is 2.70 bits per heavy atom. The molecule has 0 N–H and O–H groups in total. The van der Waals surface area contributed by atoms with Gasteiger partial charge in [0.15, 0.2) is 11.6 Å². The normalized spacial score (nSPS) is 22.6. The summed E-state index contributed by atoms with van der Waals surface area (Å²) in [6.45, 7) is 3.25. The fourth-order valence-electron chi connectivity index (χ4n) is 5.20. The minimum absolute atomic E-state index is 0.0469. The van der Waals surface area contributed by atoms with Crippen LogP contribution in [0.15, 0.2) is 59.7 Å². The summed E-state index contributed by atoms with van der Waals surface area (Å²) in [6, 6.07) is 15.9. The average molecular weight is 404 g/mol. The molecule has 3 atom stereocenters. The highest BCUT2D eigenvalue weighted by Crippen LogP contribution is 2.43. The second-order valence-electron chi connectivity index (χ2n) is 8.33. The molecule has 1 aromatic carbocycles. The minimum Gasteiger partial charge on any atom is -0.353 e. The van der Waals surface area contributed by atoms with Gasteiger partial charge in [-0.2, -0.15) is 0 Å². The number of pyridine rings is 1. The van der Waals surface area contributed by atoms with Gasteiger partial charge in [0.05, 0.1) is 5.69 Å². The van der Waals surface area contributed by atoms with Gasteiger partial charge in [0.1, 0.15) is 6.33 Å². The van der Waals surface area contributed by atoms with Crippen molar-refractivity contribution in [3.8, 4) is 0 Å². The first-order valence-electron chi connectivity index (χ1n) is 10.7. The van der Waals surface area contributed by atoms with Gasteiger partial charge in [-0.25, -0.2) is 14.4 Å². The van der Waals surface area contributed by atoms with Crippen LogP contribution in [0.25, 0.3) is 0 Å². The monoisotopic (exact) mass is 404 g/mol. The first kappa shape index (κ1) is 19.0. The van der Waals surface area contributed by atoms with Crippen molar-refractivity contribution >= 4 is 5.82 Å². The third kappa shape index (κ3) is 3.20. The summed E-state index contributed by atoms with van der Waals surface area (Å²) < 4.78 is 17.0. The van der Waals surface area contributed by atoms with E-state index < -0.39 is 0 Å². The number of rotatable bonds is 4. The van der Waals surface area contributed by atoms with E-state index in [4.69, 9.17) is 0 Å². The molecule has 2 aliphatic rings. The van der Waals surface area contributed by atoms with E-state index in [9.17, 15) is 4.79 Å². The molecular formula is C24H25FN4O. The molecule has 154 valence electrons. The van der Waals surface area contributed by atoms with E-state index in [1.807, 2.05) is 35.8 Å². The highest BCUT2D eigenvalue weighted by molar-refractivity contribution is 5.43. The molecule has 30 heavy (non-hydrogen) atoms. The zero-order valence-electron chi connectivity index (χ0n) is 17.0. The van der Waals surface area contributed by atoms with Crippen LogP contribution in [0.4, 0.5) is 10.2 Å². The van der Waals surface area contributed by atoms with E-state index in [0.29, 0.717) is 31.0 Å². The van der Waals surface area contributed by atoms with Crippen LogP contribution in [0.3, 0.4) is 0 Å². The van der Waals surface area contributed by atoms with Crippen molar-refractivity contribution in [3.05, 3.63) is 88.0 Å². The number of hydrogen-bond donors (Lipinski definition) is 0. The Morgan fingerprint density at radius 2 is 1.90 bits per heavy atom. The lowest BCUT2D eigenvalue weighted by molar-refractivity contribution is 0.210. The van der Waals surface area contributed by atoms with E-state index >= 15 is 4.39 Å². The van der Waals surface area contributed by atoms with Crippen molar-refractivity contribution in [1.82, 2.24) is 14.5 Å². The summed E-state index contributed by atoms with van der Waals surface area (Å²) in [4.78, 5) is 23.3. The number of aromatic nitrogens is 3. The first-order chi connectivity index (χ1) is 14.7. The number of halogens is 1. The number of anilines is 1. The van der Waals surface area contributed by atoms with Gasteiger partial charge < -0.3 is 9.47 Å². The molecule has 1 saturated heterocycles. The summed E-state index contributed by atoms with van der Waals surface area (Å²) in [5, 5.41) is 0. The summed E-state index contributed by atoms with van der Waals surface area (Å²) in [6.07, 6.45) is 3.79. The largest absolute Gasteiger partial charge is 0.353 e. The van der Waals surface area contributed by atoms with Crippen molar-refractivity contribution in [3.63, 3.8) is 0 Å². The zero-order chi connectivity index (χ0) is 20.7. The van der Waals surface area contributed by atoms with Gasteiger partial charge in [-0.15, -0.1) is 0 Å². The summed E-state index contributed by atoms with van der Waals surface area (Å²) in [5.41, 5.74) is 2.77. The molecule has 0 amide bonds. The van der Waals surface area contributed by atoms with Crippen molar-refractivity contribution in [2.45, 2.75) is 38.1 Å². The van der Waals surface area contributed by atoms with Gasteiger partial charge >= 0.3 is 0 Å². The fraction of sp³-hybridized carbons (Fsp3) is 0.375. The van der Waals surface area contributed by atoms with E-state index in [1.54, 1.807) is 6.07 Å². The third-order valence-corrected chi connectivity index (χ3v) is 6.56. The average Bonchev–Trinajstić information content (AvgIpc) is 2.77. The van der Waals surface area contributed by atoms with E-state index in [-0.39, 0.29) is 29.3 Å². The van der Waals surface area contributed by atoms with Crippen molar-refractivity contribution in [1.29, 1.82) is 0 Å². The maximum Gasteiger partial charge on any atom is 0.251 e. The Hall–Kier alpha value is -3.02. The molecule has 0 unspecified atom stereocenters. The molecule has 2 aliphatic heterocycles. The fourth-order valence-corrected chi connectivity index (χ4v) is 5.20. The lowest BCUT2D eigenvalue weighted by Gasteiger charge is -2.47. The van der Waals surface area contributed by atoms with E-state index in [1.165, 1.54) is 11.9 Å². The van der Waals surface area contributed by atoms with Crippen LogP contribution in [0.2, 0.25) is 0 Å². The Labute approximate surface area is 175 Å². The zero-order valence-corrected chi connectivity index (χ0v) is 17.0. The maximum absolute atomic E-state index is 15.0. The van der Waals surface area contributed by atoms with E-state index in [0.717, 1.165) is 18.5 Å². The number of fused-ring (bicyclic) bond motifs is 4. The van der Waals surface area contributed by atoms with Gasteiger partial charge in [-0.3, -0.25) is 4.79 Å². The smallest absolute Gasteiger partial charge is 0.251 e. The molecule has 2 aromatic heterocycles. The molecule has 0 radical (unpaired) electrons. The van der Waals surface area contributed by atoms with Crippen LogP contribution < -0.4 is 10.5 Å². The molecule has 3 aromatic rings. The van der Waals surface area contributed by atoms with Crippen molar-refractivity contribution in [2.75, 3.05) is 18.0 Å². The number of benzene rings is 1. The molecule has 5 nitrogen and oxygen atoms in total. The van der Waals surface area contributed by atoms with Crippen LogP contribution >= 0.6 is 0 Å². The second kappa shape index (κ2) is 7.67. The van der Waals surface area contributed by atoms with Crippen molar-refractivity contribution < 1.29 is 4.39 Å². The Morgan fingerprint density at radius 1 is 1.07 bits per heavy atom. The lowest BCUT2D eigenvalue weighted by atomic mass is 9.76. The Kier molecular flexibility index (Phi) is 4.85. The topological polar surface area (TPSA) is 51.0 Å². The molecule has 1 fully saturated rings. The van der Waals surface area contributed by atoms with Crippen LogP contribution in [-0.4, -0.2) is 27.6 Å². The summed E-state index contributed by atoms with van der Waals surface area (Å²) in [5.74, 6) is 0.506. The van der Waals surface area contributed by atoms with Crippen LogP contribution in [0, 0.1) is 11.7 Å². The van der Waals surface area contributed by atoms with Crippen LogP contribution in [0.5, 0.6) is 0 Å². The van der Waals surface area contributed by atoms with Gasteiger partial charge in [0.25, 0.3) is 5.56 Å². The highest BCUT2D eigenvalue weighted by atomic mass is 19.1. The van der Waals surface area contributed by atoms with Gasteiger partial charge in [0.2, 0.25) is 0 Å². The molecule has 0 spiro atoms. The highest BCUT2D eigenvalue weighted by Gasteiger charge is 2.41. The first-order valence-corrected chi connectivity index (χ1v) is 10.7. The number of piperidine rings is 1. The molecule has 4 heterocycles.